The van der Waals surface area contributed by atoms with Gasteiger partial charge in [-0.05, 0) is 30.7 Å². The highest BCUT2D eigenvalue weighted by Gasteiger charge is 2.24. The van der Waals surface area contributed by atoms with Gasteiger partial charge in [-0.1, -0.05) is 41.9 Å². The average molecular weight is 529 g/mol. The first kappa shape index (κ1) is 23.3. The fourth-order valence-electron chi connectivity index (χ4n) is 3.16. The van der Waals surface area contributed by atoms with Gasteiger partial charge in [-0.15, -0.1) is 24.0 Å². The van der Waals surface area contributed by atoms with Crippen molar-refractivity contribution in [1.29, 1.82) is 0 Å². The van der Waals surface area contributed by atoms with Crippen LogP contribution in [0.4, 0.5) is 5.69 Å². The number of anilines is 1. The first-order chi connectivity index (χ1) is 13.6. The highest BCUT2D eigenvalue weighted by Crippen LogP contribution is 2.31. The molecule has 29 heavy (non-hydrogen) atoms. The molecule has 6 nitrogen and oxygen atoms in total. The molecule has 2 aromatic rings. The first-order valence-electron chi connectivity index (χ1n) is 9.31. The van der Waals surface area contributed by atoms with E-state index in [4.69, 9.17) is 16.3 Å². The number of nitrogens with zero attached hydrogens (tertiary/aromatic N) is 1. The van der Waals surface area contributed by atoms with E-state index in [-0.39, 0.29) is 41.9 Å². The second-order valence-corrected chi connectivity index (χ2v) is 7.14. The van der Waals surface area contributed by atoms with Crippen LogP contribution in [0, 0.1) is 0 Å². The third-order valence-electron chi connectivity index (χ3n) is 4.57. The summed E-state index contributed by atoms with van der Waals surface area (Å²) in [4.78, 5) is 16.2. The Morgan fingerprint density at radius 2 is 1.97 bits per heavy atom. The van der Waals surface area contributed by atoms with Gasteiger partial charge in [-0.25, -0.2) is 0 Å². The van der Waals surface area contributed by atoms with Gasteiger partial charge in [0.1, 0.15) is 11.9 Å². The van der Waals surface area contributed by atoms with Crippen LogP contribution < -0.4 is 20.7 Å². The van der Waals surface area contributed by atoms with Gasteiger partial charge in [0.15, 0.2) is 5.96 Å². The lowest BCUT2D eigenvalue weighted by Gasteiger charge is -2.26. The Bertz CT molecular complexity index is 862. The van der Waals surface area contributed by atoms with Crippen LogP contribution >= 0.6 is 35.6 Å². The van der Waals surface area contributed by atoms with Crippen molar-refractivity contribution in [3.8, 4) is 5.75 Å². The van der Waals surface area contributed by atoms with E-state index in [0.717, 1.165) is 11.3 Å². The minimum atomic E-state index is -0.0976. The molecule has 3 N–H and O–H groups in total. The smallest absolute Gasteiger partial charge is 0.225 e. The number of aliphatic imine (C=N–C) groups is 1. The van der Waals surface area contributed by atoms with Gasteiger partial charge in [0.05, 0.1) is 11.6 Å². The third-order valence-corrected chi connectivity index (χ3v) is 4.88. The van der Waals surface area contributed by atoms with Crippen molar-refractivity contribution < 1.29 is 9.53 Å². The fraction of sp³-hybridized carbons (Fsp3) is 0.333. The number of hydrogen-bond acceptors (Lipinski definition) is 3. The summed E-state index contributed by atoms with van der Waals surface area (Å²) < 4.78 is 5.86. The van der Waals surface area contributed by atoms with Crippen molar-refractivity contribution in [2.24, 2.45) is 4.99 Å². The topological polar surface area (TPSA) is 74.8 Å². The average Bonchev–Trinajstić information content (AvgIpc) is 2.69. The lowest BCUT2D eigenvalue weighted by Crippen LogP contribution is -2.43. The molecular weight excluding hydrogens is 503 g/mol. The Balaban J connectivity index is 0.00000300. The fourth-order valence-corrected chi connectivity index (χ4v) is 3.34. The van der Waals surface area contributed by atoms with Gasteiger partial charge in [-0.3, -0.25) is 9.79 Å². The maximum Gasteiger partial charge on any atom is 0.225 e. The summed E-state index contributed by atoms with van der Waals surface area (Å²) in [6.07, 6.45) is 0.354. The van der Waals surface area contributed by atoms with E-state index in [1.54, 1.807) is 13.1 Å². The molecule has 0 bridgehead atoms. The summed E-state index contributed by atoms with van der Waals surface area (Å²) in [5, 5.41) is 10.1. The zero-order chi connectivity index (χ0) is 19.9. The number of para-hydroxylation sites is 2. The molecule has 156 valence electrons. The predicted octanol–water partition coefficient (Wildman–Crippen LogP) is 4.02. The summed E-state index contributed by atoms with van der Waals surface area (Å²) in [6, 6.07) is 15.3. The molecule has 0 saturated carbocycles. The van der Waals surface area contributed by atoms with Crippen molar-refractivity contribution in [3.63, 3.8) is 0 Å². The summed E-state index contributed by atoms with van der Waals surface area (Å²) in [5.74, 6) is 1.46. The van der Waals surface area contributed by atoms with E-state index in [1.165, 1.54) is 0 Å². The molecule has 8 heteroatoms. The van der Waals surface area contributed by atoms with Crippen molar-refractivity contribution in [1.82, 2.24) is 10.6 Å². The first-order valence-corrected chi connectivity index (χ1v) is 9.69. The number of benzene rings is 2. The molecule has 0 aliphatic carbocycles. The molecule has 1 aliphatic rings. The van der Waals surface area contributed by atoms with Crippen molar-refractivity contribution >= 4 is 53.1 Å². The summed E-state index contributed by atoms with van der Waals surface area (Å²) in [7, 11) is 1.72. The Morgan fingerprint density at radius 1 is 1.24 bits per heavy atom. The zero-order valence-corrected chi connectivity index (χ0v) is 19.5. The molecule has 2 atom stereocenters. The lowest BCUT2D eigenvalue weighted by atomic mass is 9.90. The quantitative estimate of drug-likeness (QED) is 0.301. The number of halogens is 2. The molecule has 2 unspecified atom stereocenters. The summed E-state index contributed by atoms with van der Waals surface area (Å²) >= 11 is 6.13. The second kappa shape index (κ2) is 11.3. The standard InChI is InChI=1S/C21H25ClN4O2.HI/c1-14(28-19-10-6-4-8-17(19)22)12-24-21(23-2)25-13-15-11-20(27)26-18-9-5-3-7-16(15)18;/h3-10,14-15H,11-13H2,1-2H3,(H,26,27)(H2,23,24,25);1H. The molecular formula is C21H26ClIN4O2. The minimum absolute atomic E-state index is 0. The molecule has 3 rings (SSSR count). The normalized spacial score (nSPS) is 16.7. The summed E-state index contributed by atoms with van der Waals surface area (Å²) in [5.41, 5.74) is 2.02. The molecule has 0 radical (unpaired) electrons. The van der Waals surface area contributed by atoms with Gasteiger partial charge in [-0.2, -0.15) is 0 Å². The Labute approximate surface area is 193 Å². The number of nitrogens with one attached hydrogen (secondary N) is 3. The number of hydrogen-bond donors (Lipinski definition) is 3. The van der Waals surface area contributed by atoms with Crippen LogP contribution in [-0.4, -0.2) is 38.1 Å². The van der Waals surface area contributed by atoms with E-state index < -0.39 is 0 Å². The molecule has 0 fully saturated rings. The van der Waals surface area contributed by atoms with Gasteiger partial charge in [0.2, 0.25) is 5.91 Å². The minimum Gasteiger partial charge on any atom is -0.487 e. The maximum absolute atomic E-state index is 12.0. The largest absolute Gasteiger partial charge is 0.487 e. The molecule has 0 saturated heterocycles. The van der Waals surface area contributed by atoms with Gasteiger partial charge < -0.3 is 20.7 Å². The highest BCUT2D eigenvalue weighted by atomic mass is 127. The van der Waals surface area contributed by atoms with Crippen LogP contribution in [-0.2, 0) is 4.79 Å². The SMILES string of the molecule is CN=C(NCC(C)Oc1ccccc1Cl)NCC1CC(=O)Nc2ccccc21.I. The molecule has 1 aliphatic heterocycles. The van der Waals surface area contributed by atoms with Crippen molar-refractivity contribution in [3.05, 3.63) is 59.1 Å². The highest BCUT2D eigenvalue weighted by molar-refractivity contribution is 14.0. The van der Waals surface area contributed by atoms with Crippen molar-refractivity contribution in [2.75, 3.05) is 25.5 Å². The van der Waals surface area contributed by atoms with Gasteiger partial charge in [0, 0.05) is 31.6 Å². The number of amides is 1. The Morgan fingerprint density at radius 3 is 2.72 bits per heavy atom. The van der Waals surface area contributed by atoms with Crippen LogP contribution in [0.15, 0.2) is 53.5 Å². The molecule has 0 spiro atoms. The second-order valence-electron chi connectivity index (χ2n) is 6.73. The molecule has 1 heterocycles. The molecule has 0 aromatic heterocycles. The lowest BCUT2D eigenvalue weighted by molar-refractivity contribution is -0.116. The summed E-state index contributed by atoms with van der Waals surface area (Å²) in [6.45, 7) is 3.14. The Hall–Kier alpha value is -2.00. The van der Waals surface area contributed by atoms with Gasteiger partial charge >= 0.3 is 0 Å². The molecule has 2 aromatic carbocycles. The number of fused-ring (bicyclic) bond motifs is 1. The van der Waals surface area contributed by atoms with Crippen LogP contribution in [0.1, 0.15) is 24.8 Å². The van der Waals surface area contributed by atoms with Crippen LogP contribution in [0.5, 0.6) is 5.75 Å². The molecule has 1 amide bonds. The maximum atomic E-state index is 12.0. The predicted molar refractivity (Wildman–Crippen MR) is 129 cm³/mol. The number of rotatable bonds is 6. The Kier molecular flexibility index (Phi) is 9.03. The zero-order valence-electron chi connectivity index (χ0n) is 16.4. The van der Waals surface area contributed by atoms with Crippen LogP contribution in [0.2, 0.25) is 5.02 Å². The number of guanidine groups is 1. The van der Waals surface area contributed by atoms with Crippen LogP contribution in [0.25, 0.3) is 0 Å². The van der Waals surface area contributed by atoms with E-state index in [2.05, 4.69) is 27.0 Å². The monoisotopic (exact) mass is 528 g/mol. The van der Waals surface area contributed by atoms with Gasteiger partial charge in [0.25, 0.3) is 0 Å². The van der Waals surface area contributed by atoms with E-state index >= 15 is 0 Å². The van der Waals surface area contributed by atoms with E-state index in [9.17, 15) is 4.79 Å². The van der Waals surface area contributed by atoms with E-state index in [0.29, 0.717) is 36.2 Å². The van der Waals surface area contributed by atoms with Crippen molar-refractivity contribution in [2.45, 2.75) is 25.4 Å². The third kappa shape index (κ3) is 6.50. The number of ether oxygens (including phenoxy) is 1. The number of carbonyl (C=O) groups is 1. The number of carbonyl (C=O) groups excluding carboxylic acids is 1. The van der Waals surface area contributed by atoms with Crippen LogP contribution in [0.3, 0.4) is 0 Å². The van der Waals surface area contributed by atoms with E-state index in [1.807, 2.05) is 43.3 Å².